The summed E-state index contributed by atoms with van der Waals surface area (Å²) in [6, 6.07) is -2.47. The largest absolute Gasteiger partial charge is 0.480 e. The molecule has 0 aromatic heterocycles. The average Bonchev–Trinajstić information content (AvgIpc) is 3.85. The molecule has 0 aromatic carbocycles. The zero-order valence-corrected chi connectivity index (χ0v) is 32.5. The molecule has 23 nitrogen and oxygen atoms in total. The molecule has 0 aliphatic carbocycles. The van der Waals surface area contributed by atoms with Gasteiger partial charge >= 0.3 is 23.9 Å². The standard InChI is InChI=1S/C30H49N9O14.Gd/c1-4-52-30(51)26-25(53-26)29(50)39(13-20(31)40)34-28(49)19(3)33-27(48)18(2)32-21(41)14-35-5-7-36(15-22(42)43)9-11-38(17-24(46)47)12-10-37(8-6-35)16-23(44)45;/h18-19,25-26H,4-17H2,1-3H3,(H2,31,40)(H,32,41)(H,33,48)(H,34,49)(H,42,43)(H,44,45)(H,46,47);/t18?,19?,25-,26-;/m0./s1. The van der Waals surface area contributed by atoms with Crippen LogP contribution in [0.1, 0.15) is 20.8 Å². The van der Waals surface area contributed by atoms with E-state index >= 15 is 0 Å². The van der Waals surface area contributed by atoms with Gasteiger partial charge in [0.2, 0.25) is 17.7 Å². The van der Waals surface area contributed by atoms with E-state index in [4.69, 9.17) is 15.2 Å². The van der Waals surface area contributed by atoms with Crippen LogP contribution < -0.4 is 21.8 Å². The third-order valence-electron chi connectivity index (χ3n) is 7.98. The number of nitrogens with two attached hydrogens (primary N) is 1. The SMILES string of the molecule is CCOC(=O)[C@H]1O[C@@H]1C(=O)N(CC(N)=O)NC(=O)C(C)NC(=O)C(C)NC(=O)CN1CCN(CC(=O)O)CCN(CC(=O)O)CCN(CC(=O)O)CC1.[Gd]. The van der Waals surface area contributed by atoms with Crippen LogP contribution in [0.2, 0.25) is 0 Å². The molecule has 2 unspecified atom stereocenters. The fourth-order valence-corrected chi connectivity index (χ4v) is 5.16. The van der Waals surface area contributed by atoms with Crippen LogP contribution in [0.15, 0.2) is 0 Å². The average molecular weight is 917 g/mol. The van der Waals surface area contributed by atoms with E-state index in [-0.39, 0.29) is 125 Å². The van der Waals surface area contributed by atoms with E-state index in [1.807, 2.05) is 0 Å². The van der Waals surface area contributed by atoms with E-state index < -0.39 is 84.2 Å². The first kappa shape index (κ1) is 48.4. The van der Waals surface area contributed by atoms with Crippen LogP contribution in [0.5, 0.6) is 0 Å². The maximum Gasteiger partial charge on any atom is 0.338 e. The maximum atomic E-state index is 13.1. The minimum absolute atomic E-state index is 0. The van der Waals surface area contributed by atoms with Gasteiger partial charge in [0.15, 0.2) is 12.2 Å². The van der Waals surface area contributed by atoms with Gasteiger partial charge in [0.25, 0.3) is 11.8 Å². The van der Waals surface area contributed by atoms with E-state index in [0.29, 0.717) is 5.01 Å². The number of hydrogen-bond donors (Lipinski definition) is 7. The van der Waals surface area contributed by atoms with Gasteiger partial charge in [0, 0.05) is 92.3 Å². The topological polar surface area (TPSA) is 314 Å². The Morgan fingerprint density at radius 2 is 1.11 bits per heavy atom. The second kappa shape index (κ2) is 24.0. The molecule has 8 N–H and O–H groups in total. The third-order valence-corrected chi connectivity index (χ3v) is 7.98. The zero-order valence-electron chi connectivity index (χ0n) is 30.2. The van der Waals surface area contributed by atoms with Gasteiger partial charge in [0.05, 0.1) is 32.8 Å². The van der Waals surface area contributed by atoms with Crippen molar-refractivity contribution in [2.45, 2.75) is 45.1 Å². The maximum absolute atomic E-state index is 13.1. The Kier molecular flexibility index (Phi) is 21.5. The van der Waals surface area contributed by atoms with E-state index in [9.17, 15) is 58.5 Å². The van der Waals surface area contributed by atoms with Crippen molar-refractivity contribution in [2.75, 3.05) is 91.7 Å². The molecule has 0 radical (unpaired) electrons. The smallest absolute Gasteiger partial charge is 0.338 e. The number of carbonyl (C=O) groups is 9. The second-order valence-electron chi connectivity index (χ2n) is 12.4. The number of nitrogens with one attached hydrogen (secondary N) is 3. The molecule has 2 fully saturated rings. The third kappa shape index (κ3) is 18.1. The van der Waals surface area contributed by atoms with Crippen molar-refractivity contribution in [2.24, 2.45) is 5.73 Å². The molecule has 54 heavy (non-hydrogen) atoms. The van der Waals surface area contributed by atoms with Crippen molar-refractivity contribution in [3.63, 3.8) is 0 Å². The van der Waals surface area contributed by atoms with Gasteiger partial charge in [-0.1, -0.05) is 0 Å². The summed E-state index contributed by atoms with van der Waals surface area (Å²) in [5.41, 5.74) is 7.36. The Balaban J connectivity index is 0.0000146. The van der Waals surface area contributed by atoms with Gasteiger partial charge in [0.1, 0.15) is 18.6 Å². The molecule has 0 spiro atoms. The second-order valence-corrected chi connectivity index (χ2v) is 12.4. The minimum atomic E-state index is -1.32. The van der Waals surface area contributed by atoms with Crippen LogP contribution in [0.3, 0.4) is 0 Å². The molecule has 2 heterocycles. The number of carbonyl (C=O) groups excluding carboxylic acids is 6. The monoisotopic (exact) mass is 917 g/mol. The number of primary amides is 1. The Hall–Kier alpha value is -3.65. The summed E-state index contributed by atoms with van der Waals surface area (Å²) in [5.74, 6) is -8.39. The first-order valence-corrected chi connectivity index (χ1v) is 16.8. The summed E-state index contributed by atoms with van der Waals surface area (Å²) in [6.45, 7) is 3.67. The number of epoxide rings is 1. The van der Waals surface area contributed by atoms with Gasteiger partial charge in [-0.25, -0.2) is 9.80 Å². The number of aliphatic carboxylic acids is 3. The summed E-state index contributed by atoms with van der Waals surface area (Å²) in [5, 5.41) is 33.6. The summed E-state index contributed by atoms with van der Waals surface area (Å²) < 4.78 is 9.81. The molecule has 0 saturated carbocycles. The number of ether oxygens (including phenoxy) is 2. The van der Waals surface area contributed by atoms with Crippen molar-refractivity contribution >= 4 is 53.4 Å². The number of hydrazine groups is 1. The van der Waals surface area contributed by atoms with Gasteiger partial charge in [-0.3, -0.25) is 63.4 Å². The predicted molar refractivity (Wildman–Crippen MR) is 178 cm³/mol. The fraction of sp³-hybridized carbons (Fsp3) is 0.700. The van der Waals surface area contributed by atoms with Crippen LogP contribution in [0, 0.1) is 39.9 Å². The summed E-state index contributed by atoms with van der Waals surface area (Å²) >= 11 is 0. The zero-order chi connectivity index (χ0) is 39.8. The van der Waals surface area contributed by atoms with Crippen LogP contribution in [-0.4, -0.2) is 209 Å². The van der Waals surface area contributed by atoms with Gasteiger partial charge in [-0.2, -0.15) is 0 Å². The van der Waals surface area contributed by atoms with E-state index in [1.54, 1.807) is 26.5 Å². The molecular weight excluding hydrogens is 868 g/mol. The molecule has 306 valence electrons. The molecule has 2 aliphatic rings. The van der Waals surface area contributed by atoms with Gasteiger partial charge in [-0.15, -0.1) is 0 Å². The van der Waals surface area contributed by atoms with E-state index in [1.165, 1.54) is 13.8 Å². The first-order chi connectivity index (χ1) is 24.9. The van der Waals surface area contributed by atoms with Crippen LogP contribution in [-0.2, 0) is 52.6 Å². The summed E-state index contributed by atoms with van der Waals surface area (Å²) in [4.78, 5) is 116. The molecule has 4 atom stereocenters. The number of nitrogens with zero attached hydrogens (tertiary/aromatic N) is 5. The molecule has 24 heteroatoms. The van der Waals surface area contributed by atoms with Gasteiger partial charge in [-0.05, 0) is 20.8 Å². The molecule has 2 rings (SSSR count). The summed E-state index contributed by atoms with van der Waals surface area (Å²) in [7, 11) is 0. The Morgan fingerprint density at radius 1 is 0.704 bits per heavy atom. The van der Waals surface area contributed by atoms with Gasteiger partial charge < -0.3 is 41.2 Å². The normalized spacial score (nSPS) is 19.9. The molecule has 2 saturated heterocycles. The van der Waals surface area contributed by atoms with E-state index in [0.717, 1.165) is 0 Å². The minimum Gasteiger partial charge on any atom is -0.480 e. The number of carboxylic acids is 3. The molecule has 5 amide bonds. The van der Waals surface area contributed by atoms with Crippen molar-refractivity contribution < 1.29 is 108 Å². The van der Waals surface area contributed by atoms with Crippen molar-refractivity contribution in [1.29, 1.82) is 0 Å². The first-order valence-electron chi connectivity index (χ1n) is 16.8. The predicted octanol–water partition coefficient (Wildman–Crippen LogP) is -5.85. The van der Waals surface area contributed by atoms with Crippen LogP contribution in [0.25, 0.3) is 0 Å². The molecule has 0 bridgehead atoms. The Morgan fingerprint density at radius 3 is 1.50 bits per heavy atom. The molecular formula is C30H49GdN9O14. The Bertz CT molecular complexity index is 1340. The molecule has 2 aliphatic heterocycles. The van der Waals surface area contributed by atoms with E-state index in [2.05, 4.69) is 16.1 Å². The van der Waals surface area contributed by atoms with Crippen molar-refractivity contribution in [1.82, 2.24) is 40.7 Å². The fourth-order valence-electron chi connectivity index (χ4n) is 5.16. The summed E-state index contributed by atoms with van der Waals surface area (Å²) in [6.07, 6.45) is -2.54. The van der Waals surface area contributed by atoms with Crippen LogP contribution >= 0.6 is 0 Å². The molecule has 0 aromatic rings. The Labute approximate surface area is 342 Å². The van der Waals surface area contributed by atoms with Crippen LogP contribution in [0.4, 0.5) is 0 Å². The number of amides is 5. The van der Waals surface area contributed by atoms with Crippen molar-refractivity contribution in [3.8, 4) is 0 Å². The number of rotatable bonds is 17. The van der Waals surface area contributed by atoms with Crippen molar-refractivity contribution in [3.05, 3.63) is 0 Å². The number of carboxylic acid groups (broad SMARTS) is 3. The number of hydrogen-bond acceptors (Lipinski definition) is 15. The number of esters is 1. The quantitative estimate of drug-likeness (QED) is 0.0406.